The van der Waals surface area contributed by atoms with E-state index in [1.54, 1.807) is 0 Å². The van der Waals surface area contributed by atoms with Gasteiger partial charge in [-0.05, 0) is 44.9 Å². The van der Waals surface area contributed by atoms with E-state index in [2.05, 4.69) is 10.3 Å². The molecule has 0 aliphatic carbocycles. The Kier molecular flexibility index (Phi) is 3.67. The molecule has 136 valence electrons. The number of halogens is 1. The molecular weight excluding hydrogens is 327 g/mol. The van der Waals surface area contributed by atoms with Crippen molar-refractivity contribution in [2.75, 3.05) is 5.32 Å². The highest BCUT2D eigenvalue weighted by molar-refractivity contribution is 5.96. The van der Waals surface area contributed by atoms with Gasteiger partial charge in [-0.3, -0.25) is 0 Å². The Morgan fingerprint density at radius 2 is 1.88 bits per heavy atom. The number of H-pyrrole nitrogens is 1. The molecule has 0 amide bonds. The number of hydrogen-bond donors (Lipinski definition) is 3. The van der Waals surface area contributed by atoms with Crippen LogP contribution in [0.4, 0.5) is 10.1 Å². The number of para-hydroxylation sites is 1. The molecule has 0 bridgehead atoms. The summed E-state index contributed by atoms with van der Waals surface area (Å²) in [6.45, 7) is 9.76. The van der Waals surface area contributed by atoms with Crippen molar-refractivity contribution in [2.24, 2.45) is 0 Å². The highest BCUT2D eigenvalue weighted by Gasteiger charge is 2.40. The minimum Gasteiger partial charge on any atom is -0.390 e. The van der Waals surface area contributed by atoms with Gasteiger partial charge in [-0.25, -0.2) is 4.39 Å². The van der Waals surface area contributed by atoms with Gasteiger partial charge < -0.3 is 15.4 Å². The summed E-state index contributed by atoms with van der Waals surface area (Å²) in [7, 11) is 0. The van der Waals surface area contributed by atoms with Crippen LogP contribution < -0.4 is 5.32 Å². The van der Waals surface area contributed by atoms with E-state index in [4.69, 9.17) is 0 Å². The first-order valence-electron chi connectivity index (χ1n) is 9.08. The number of aryl methyl sites for hydroxylation is 1. The first kappa shape index (κ1) is 17.1. The van der Waals surface area contributed by atoms with E-state index in [1.165, 1.54) is 0 Å². The number of rotatable bonds is 1. The van der Waals surface area contributed by atoms with E-state index in [-0.39, 0.29) is 11.7 Å². The lowest BCUT2D eigenvalue weighted by molar-refractivity contribution is 0.0868. The second kappa shape index (κ2) is 5.58. The average molecular weight is 352 g/mol. The molecule has 26 heavy (non-hydrogen) atoms. The first-order chi connectivity index (χ1) is 12.2. The Morgan fingerprint density at radius 1 is 1.15 bits per heavy atom. The zero-order chi connectivity index (χ0) is 18.8. The van der Waals surface area contributed by atoms with Gasteiger partial charge in [0.05, 0.1) is 17.2 Å². The fraction of sp³-hybridized carbons (Fsp3) is 0.364. The third kappa shape index (κ3) is 2.28. The van der Waals surface area contributed by atoms with E-state index in [9.17, 15) is 5.11 Å². The fourth-order valence-electron chi connectivity index (χ4n) is 4.25. The van der Waals surface area contributed by atoms with Gasteiger partial charge in [0.15, 0.2) is 0 Å². The summed E-state index contributed by atoms with van der Waals surface area (Å²) in [5, 5.41) is 15.1. The van der Waals surface area contributed by atoms with E-state index in [0.29, 0.717) is 11.1 Å². The van der Waals surface area contributed by atoms with E-state index in [0.717, 1.165) is 33.3 Å². The highest BCUT2D eigenvalue weighted by atomic mass is 19.1. The van der Waals surface area contributed by atoms with Crippen molar-refractivity contribution in [3.63, 3.8) is 0 Å². The largest absolute Gasteiger partial charge is 0.390 e. The fourth-order valence-corrected chi connectivity index (χ4v) is 4.25. The molecule has 2 atom stereocenters. The number of aromatic nitrogens is 1. The van der Waals surface area contributed by atoms with Crippen LogP contribution in [-0.4, -0.2) is 21.7 Å². The lowest BCUT2D eigenvalue weighted by Gasteiger charge is -2.43. The van der Waals surface area contributed by atoms with E-state index >= 15 is 4.39 Å². The molecule has 3 aromatic rings. The zero-order valence-corrected chi connectivity index (χ0v) is 15.9. The van der Waals surface area contributed by atoms with Gasteiger partial charge in [0, 0.05) is 39.9 Å². The molecule has 1 aliphatic rings. The smallest absolute Gasteiger partial charge is 0.136 e. The van der Waals surface area contributed by atoms with Gasteiger partial charge >= 0.3 is 0 Å². The maximum atomic E-state index is 15.4. The molecule has 1 aliphatic heterocycles. The maximum absolute atomic E-state index is 15.4. The summed E-state index contributed by atoms with van der Waals surface area (Å²) < 4.78 is 15.4. The summed E-state index contributed by atoms with van der Waals surface area (Å²) in [4.78, 5) is 3.28. The van der Waals surface area contributed by atoms with Crippen LogP contribution in [0.1, 0.15) is 43.4 Å². The van der Waals surface area contributed by atoms with Crippen molar-refractivity contribution < 1.29 is 9.50 Å². The van der Waals surface area contributed by atoms with Crippen LogP contribution in [0.25, 0.3) is 22.0 Å². The standard InChI is InChI=1S/C22H25FN2O/c1-11-10-24-20-14(11)7-6-8-15(20)17-9-16-12(2)21(26)22(4,5)25-19(16)13(3)18(17)23/h6-10,12,21,24-26H,1-5H3. The van der Waals surface area contributed by atoms with Crippen LogP contribution in [0.15, 0.2) is 30.5 Å². The van der Waals surface area contributed by atoms with Gasteiger partial charge in [-0.2, -0.15) is 0 Å². The number of aliphatic hydroxyl groups excluding tert-OH is 1. The van der Waals surface area contributed by atoms with Gasteiger partial charge in [-0.1, -0.05) is 25.1 Å². The van der Waals surface area contributed by atoms with Crippen molar-refractivity contribution >= 4 is 16.6 Å². The first-order valence-corrected chi connectivity index (χ1v) is 9.08. The van der Waals surface area contributed by atoms with Crippen LogP contribution in [0, 0.1) is 19.7 Å². The number of benzene rings is 2. The molecule has 4 rings (SSSR count). The number of aliphatic hydroxyl groups is 1. The molecule has 0 fully saturated rings. The minimum absolute atomic E-state index is 0.0797. The predicted molar refractivity (Wildman–Crippen MR) is 105 cm³/mol. The summed E-state index contributed by atoms with van der Waals surface area (Å²) in [5.74, 6) is -0.292. The molecule has 2 heterocycles. The van der Waals surface area contributed by atoms with Gasteiger partial charge in [0.25, 0.3) is 0 Å². The Labute approximate surface area is 153 Å². The molecule has 3 N–H and O–H groups in total. The van der Waals surface area contributed by atoms with Crippen LogP contribution in [-0.2, 0) is 0 Å². The van der Waals surface area contributed by atoms with Gasteiger partial charge in [0.2, 0.25) is 0 Å². The molecule has 0 saturated heterocycles. The monoisotopic (exact) mass is 352 g/mol. The van der Waals surface area contributed by atoms with Crippen LogP contribution >= 0.6 is 0 Å². The van der Waals surface area contributed by atoms with Crippen LogP contribution in [0.2, 0.25) is 0 Å². The lowest BCUT2D eigenvalue weighted by atomic mass is 9.77. The highest BCUT2D eigenvalue weighted by Crippen LogP contribution is 2.44. The number of nitrogens with one attached hydrogen (secondary N) is 2. The molecule has 4 heteroatoms. The Bertz CT molecular complexity index is 1020. The predicted octanol–water partition coefficient (Wildman–Crippen LogP) is 5.26. The molecule has 0 radical (unpaired) electrons. The number of aromatic amines is 1. The zero-order valence-electron chi connectivity index (χ0n) is 15.9. The van der Waals surface area contributed by atoms with E-state index in [1.807, 2.05) is 65.1 Å². The third-order valence-electron chi connectivity index (χ3n) is 5.89. The topological polar surface area (TPSA) is 48.0 Å². The summed E-state index contributed by atoms with van der Waals surface area (Å²) in [5.41, 5.74) is 5.39. The van der Waals surface area contributed by atoms with E-state index < -0.39 is 11.6 Å². The molecular formula is C22H25FN2O. The number of anilines is 1. The lowest BCUT2D eigenvalue weighted by Crippen LogP contribution is -2.50. The summed E-state index contributed by atoms with van der Waals surface area (Å²) in [6.07, 6.45) is 1.41. The Hall–Kier alpha value is -2.33. The van der Waals surface area contributed by atoms with Gasteiger partial charge in [0.1, 0.15) is 5.82 Å². The molecule has 2 unspecified atom stereocenters. The molecule has 0 saturated carbocycles. The second-order valence-electron chi connectivity index (χ2n) is 8.11. The van der Waals surface area contributed by atoms with Crippen molar-refractivity contribution in [3.8, 4) is 11.1 Å². The quantitative estimate of drug-likeness (QED) is 0.559. The Morgan fingerprint density at radius 3 is 2.62 bits per heavy atom. The molecule has 1 aromatic heterocycles. The van der Waals surface area contributed by atoms with Gasteiger partial charge in [-0.15, -0.1) is 0 Å². The van der Waals surface area contributed by atoms with Crippen molar-refractivity contribution in [3.05, 3.63) is 53.0 Å². The summed E-state index contributed by atoms with van der Waals surface area (Å²) in [6, 6.07) is 7.86. The normalized spacial score (nSPS) is 21.5. The number of hydrogen-bond acceptors (Lipinski definition) is 2. The number of fused-ring (bicyclic) bond motifs is 2. The Balaban J connectivity index is 1.99. The SMILES string of the molecule is Cc1c(F)c(-c2cccc3c(C)c[nH]c23)cc2c1NC(C)(C)C(O)C2C. The summed E-state index contributed by atoms with van der Waals surface area (Å²) >= 11 is 0. The van der Waals surface area contributed by atoms with Crippen molar-refractivity contribution in [2.45, 2.75) is 52.2 Å². The van der Waals surface area contributed by atoms with Crippen LogP contribution in [0.3, 0.4) is 0 Å². The van der Waals surface area contributed by atoms with Crippen molar-refractivity contribution in [1.82, 2.24) is 4.98 Å². The molecule has 0 spiro atoms. The molecule has 3 nitrogen and oxygen atoms in total. The minimum atomic E-state index is -0.545. The van der Waals surface area contributed by atoms with Crippen molar-refractivity contribution in [1.29, 1.82) is 0 Å². The van der Waals surface area contributed by atoms with Crippen LogP contribution in [0.5, 0.6) is 0 Å². The maximum Gasteiger partial charge on any atom is 0.136 e. The second-order valence-corrected chi connectivity index (χ2v) is 8.11. The molecule has 2 aromatic carbocycles. The average Bonchev–Trinajstić information content (AvgIpc) is 2.98. The third-order valence-corrected chi connectivity index (χ3v) is 5.89.